The molecule has 0 saturated carbocycles. The van der Waals surface area contributed by atoms with Crippen LogP contribution in [-0.2, 0) is 19.4 Å². The van der Waals surface area contributed by atoms with Crippen molar-refractivity contribution >= 4 is 17.2 Å². The van der Waals surface area contributed by atoms with E-state index in [-0.39, 0.29) is 0 Å². The zero-order chi connectivity index (χ0) is 14.7. The second kappa shape index (κ2) is 6.54. The molecule has 0 atom stereocenters. The molecule has 21 heavy (non-hydrogen) atoms. The van der Waals surface area contributed by atoms with Gasteiger partial charge in [0.15, 0.2) is 0 Å². The number of hydrogen-bond acceptors (Lipinski definition) is 5. The third-order valence-corrected chi connectivity index (χ3v) is 5.01. The van der Waals surface area contributed by atoms with Crippen molar-refractivity contribution in [3.8, 4) is 0 Å². The summed E-state index contributed by atoms with van der Waals surface area (Å²) in [6, 6.07) is 4.35. The fourth-order valence-electron chi connectivity index (χ4n) is 2.82. The number of thiophene rings is 1. The molecule has 4 nitrogen and oxygen atoms in total. The van der Waals surface area contributed by atoms with Crippen molar-refractivity contribution in [2.24, 2.45) is 0 Å². The maximum Gasteiger partial charge on any atom is 0.135 e. The lowest BCUT2D eigenvalue weighted by atomic mass is 10.1. The van der Waals surface area contributed by atoms with E-state index in [1.54, 1.807) is 6.33 Å². The van der Waals surface area contributed by atoms with Crippen LogP contribution in [0.4, 0.5) is 5.82 Å². The molecule has 0 unspecified atom stereocenters. The van der Waals surface area contributed by atoms with E-state index in [2.05, 4.69) is 51.3 Å². The molecule has 0 N–H and O–H groups in total. The van der Waals surface area contributed by atoms with Gasteiger partial charge in [0.1, 0.15) is 12.1 Å². The molecule has 0 fully saturated rings. The van der Waals surface area contributed by atoms with Gasteiger partial charge in [0.2, 0.25) is 0 Å². The van der Waals surface area contributed by atoms with E-state index in [1.165, 1.54) is 16.1 Å². The minimum Gasteiger partial charge on any atom is -0.360 e. The van der Waals surface area contributed by atoms with Crippen molar-refractivity contribution in [1.82, 2.24) is 14.9 Å². The largest absolute Gasteiger partial charge is 0.360 e. The van der Waals surface area contributed by atoms with E-state index in [9.17, 15) is 0 Å². The molecular formula is C16H22N4S. The Balaban J connectivity index is 1.76. The number of fused-ring (bicyclic) bond motifs is 1. The van der Waals surface area contributed by atoms with Crippen molar-refractivity contribution in [3.63, 3.8) is 0 Å². The summed E-state index contributed by atoms with van der Waals surface area (Å²) in [5, 5.41) is 2.15. The molecule has 2 aromatic heterocycles. The predicted molar refractivity (Wildman–Crippen MR) is 88.0 cm³/mol. The highest BCUT2D eigenvalue weighted by Gasteiger charge is 2.20. The van der Waals surface area contributed by atoms with E-state index in [0.29, 0.717) is 0 Å². The average molecular weight is 302 g/mol. The molecule has 0 aliphatic carbocycles. The molecule has 3 heterocycles. The number of nitrogens with zero attached hydrogens (tertiary/aromatic N) is 4. The Morgan fingerprint density at radius 2 is 2.14 bits per heavy atom. The summed E-state index contributed by atoms with van der Waals surface area (Å²) in [7, 11) is 2.11. The Kier molecular flexibility index (Phi) is 4.51. The van der Waals surface area contributed by atoms with E-state index in [1.807, 2.05) is 11.3 Å². The maximum atomic E-state index is 4.53. The van der Waals surface area contributed by atoms with Gasteiger partial charge in [-0.1, -0.05) is 6.07 Å². The van der Waals surface area contributed by atoms with Crippen molar-refractivity contribution < 1.29 is 0 Å². The molecule has 0 saturated heterocycles. The molecule has 5 heteroatoms. The summed E-state index contributed by atoms with van der Waals surface area (Å²) in [6.45, 7) is 6.36. The fraction of sp³-hybridized carbons (Fsp3) is 0.500. The summed E-state index contributed by atoms with van der Waals surface area (Å²) in [4.78, 5) is 15.2. The van der Waals surface area contributed by atoms with Gasteiger partial charge in [-0.15, -0.1) is 11.3 Å². The Bertz CT molecular complexity index is 582. The van der Waals surface area contributed by atoms with E-state index in [0.717, 1.165) is 44.8 Å². The van der Waals surface area contributed by atoms with E-state index in [4.69, 9.17) is 0 Å². The first kappa shape index (κ1) is 14.5. The minimum atomic E-state index is 0.975. The summed E-state index contributed by atoms with van der Waals surface area (Å²) in [6.07, 6.45) is 3.78. The monoisotopic (exact) mass is 302 g/mol. The molecule has 0 spiro atoms. The highest BCUT2D eigenvalue weighted by Crippen LogP contribution is 2.23. The quantitative estimate of drug-likeness (QED) is 0.869. The van der Waals surface area contributed by atoms with Crippen LogP contribution in [0.2, 0.25) is 0 Å². The van der Waals surface area contributed by atoms with Gasteiger partial charge in [0, 0.05) is 50.1 Å². The minimum absolute atomic E-state index is 0.975. The van der Waals surface area contributed by atoms with Crippen LogP contribution in [0.1, 0.15) is 23.1 Å². The SMILES string of the molecule is CCN(C)c1ncnc2c1CCN(Cc1cccs1)CC2. The zero-order valence-corrected chi connectivity index (χ0v) is 13.6. The molecule has 1 aliphatic heterocycles. The maximum absolute atomic E-state index is 4.53. The van der Waals surface area contributed by atoms with Crippen LogP contribution in [-0.4, -0.2) is 41.5 Å². The van der Waals surface area contributed by atoms with E-state index >= 15 is 0 Å². The number of anilines is 1. The molecule has 2 aromatic rings. The van der Waals surface area contributed by atoms with Crippen molar-refractivity contribution in [1.29, 1.82) is 0 Å². The Hall–Kier alpha value is -1.46. The van der Waals surface area contributed by atoms with Crippen LogP contribution in [0.5, 0.6) is 0 Å². The van der Waals surface area contributed by atoms with Crippen LogP contribution in [0, 0.1) is 0 Å². The Labute approximate surface area is 130 Å². The molecule has 0 bridgehead atoms. The lowest BCUT2D eigenvalue weighted by Crippen LogP contribution is -2.25. The van der Waals surface area contributed by atoms with Gasteiger partial charge in [-0.05, 0) is 24.8 Å². The summed E-state index contributed by atoms with van der Waals surface area (Å²) in [5.41, 5.74) is 2.57. The van der Waals surface area contributed by atoms with Crippen LogP contribution in [0.25, 0.3) is 0 Å². The third-order valence-electron chi connectivity index (χ3n) is 4.15. The third kappa shape index (κ3) is 3.24. The van der Waals surface area contributed by atoms with Gasteiger partial charge in [-0.25, -0.2) is 9.97 Å². The van der Waals surface area contributed by atoms with Crippen LogP contribution in [0.15, 0.2) is 23.8 Å². The second-order valence-electron chi connectivity index (χ2n) is 5.49. The van der Waals surface area contributed by atoms with Gasteiger partial charge < -0.3 is 4.90 Å². The zero-order valence-electron chi connectivity index (χ0n) is 12.7. The van der Waals surface area contributed by atoms with Crippen molar-refractivity contribution in [3.05, 3.63) is 40.0 Å². The van der Waals surface area contributed by atoms with Gasteiger partial charge in [0.05, 0.1) is 5.69 Å². The van der Waals surface area contributed by atoms with Crippen LogP contribution in [0.3, 0.4) is 0 Å². The van der Waals surface area contributed by atoms with E-state index < -0.39 is 0 Å². The van der Waals surface area contributed by atoms with Crippen LogP contribution >= 0.6 is 11.3 Å². The molecule has 0 radical (unpaired) electrons. The Morgan fingerprint density at radius 1 is 1.29 bits per heavy atom. The van der Waals surface area contributed by atoms with Crippen LogP contribution < -0.4 is 4.90 Å². The first-order valence-electron chi connectivity index (χ1n) is 7.56. The lowest BCUT2D eigenvalue weighted by Gasteiger charge is -2.20. The summed E-state index contributed by atoms with van der Waals surface area (Å²) < 4.78 is 0. The standard InChI is InChI=1S/C16H22N4S/c1-3-19(2)16-14-6-8-20(11-13-5-4-10-21-13)9-7-15(14)17-12-18-16/h4-5,10,12H,3,6-9,11H2,1-2H3. The molecule has 3 rings (SSSR count). The highest BCUT2D eigenvalue weighted by atomic mass is 32.1. The summed E-state index contributed by atoms with van der Waals surface area (Å²) in [5.74, 6) is 1.11. The molecule has 0 amide bonds. The molecule has 1 aliphatic rings. The predicted octanol–water partition coefficient (Wildman–Crippen LogP) is 2.60. The average Bonchev–Trinajstić information content (AvgIpc) is 2.93. The van der Waals surface area contributed by atoms with Crippen molar-refractivity contribution in [2.45, 2.75) is 26.3 Å². The summed E-state index contributed by atoms with van der Waals surface area (Å²) >= 11 is 1.84. The topological polar surface area (TPSA) is 32.3 Å². The van der Waals surface area contributed by atoms with Gasteiger partial charge in [-0.2, -0.15) is 0 Å². The lowest BCUT2D eigenvalue weighted by molar-refractivity contribution is 0.281. The number of rotatable bonds is 4. The van der Waals surface area contributed by atoms with Crippen molar-refractivity contribution in [2.75, 3.05) is 31.6 Å². The normalized spacial score (nSPS) is 15.5. The fourth-order valence-corrected chi connectivity index (χ4v) is 3.56. The highest BCUT2D eigenvalue weighted by molar-refractivity contribution is 7.09. The Morgan fingerprint density at radius 3 is 2.90 bits per heavy atom. The molecule has 0 aromatic carbocycles. The van der Waals surface area contributed by atoms with Gasteiger partial charge in [-0.3, -0.25) is 4.90 Å². The molecular weight excluding hydrogens is 280 g/mol. The second-order valence-corrected chi connectivity index (χ2v) is 6.52. The number of hydrogen-bond donors (Lipinski definition) is 0. The van der Waals surface area contributed by atoms with Gasteiger partial charge >= 0.3 is 0 Å². The molecule has 112 valence electrons. The first-order valence-corrected chi connectivity index (χ1v) is 8.44. The van der Waals surface area contributed by atoms with Gasteiger partial charge in [0.25, 0.3) is 0 Å². The number of aromatic nitrogens is 2. The smallest absolute Gasteiger partial charge is 0.135 e. The first-order chi connectivity index (χ1) is 10.3.